The van der Waals surface area contributed by atoms with Gasteiger partial charge in [0.25, 0.3) is 5.91 Å². The van der Waals surface area contributed by atoms with E-state index in [4.69, 9.17) is 4.74 Å². The van der Waals surface area contributed by atoms with Gasteiger partial charge in [-0.2, -0.15) is 0 Å². The molecule has 0 aliphatic rings. The maximum absolute atomic E-state index is 12.1. The van der Waals surface area contributed by atoms with Crippen LogP contribution >= 0.6 is 0 Å². The lowest BCUT2D eigenvalue weighted by Crippen LogP contribution is -2.22. The van der Waals surface area contributed by atoms with Gasteiger partial charge in [-0.05, 0) is 54.6 Å². The summed E-state index contributed by atoms with van der Waals surface area (Å²) in [5.41, 5.74) is 1.86. The van der Waals surface area contributed by atoms with Crippen molar-refractivity contribution in [2.24, 2.45) is 0 Å². The molecule has 142 valence electrons. The number of hydrogen-bond donors (Lipinski definition) is 3. The number of carbonyl (C=O) groups is 2. The van der Waals surface area contributed by atoms with Gasteiger partial charge in [0.1, 0.15) is 11.5 Å². The molecule has 0 bridgehead atoms. The minimum atomic E-state index is -0.210. The van der Waals surface area contributed by atoms with Gasteiger partial charge in [-0.15, -0.1) is 0 Å². The van der Waals surface area contributed by atoms with E-state index in [0.717, 1.165) is 11.4 Å². The van der Waals surface area contributed by atoms with Gasteiger partial charge in [0.2, 0.25) is 5.91 Å². The highest BCUT2D eigenvalue weighted by Gasteiger charge is 2.06. The second kappa shape index (κ2) is 9.23. The van der Waals surface area contributed by atoms with Crippen LogP contribution in [0.3, 0.4) is 0 Å². The normalized spacial score (nSPS) is 10.0. The van der Waals surface area contributed by atoms with E-state index in [1.165, 1.54) is 0 Å². The number of rotatable bonds is 7. The van der Waals surface area contributed by atoms with E-state index in [9.17, 15) is 9.59 Å². The molecule has 0 fully saturated rings. The van der Waals surface area contributed by atoms with Gasteiger partial charge >= 0.3 is 0 Å². The van der Waals surface area contributed by atoms with Gasteiger partial charge in [-0.25, -0.2) is 0 Å². The third-order valence-corrected chi connectivity index (χ3v) is 3.92. The molecule has 0 saturated heterocycles. The summed E-state index contributed by atoms with van der Waals surface area (Å²) in [4.78, 5) is 23.8. The first-order valence-electron chi connectivity index (χ1n) is 8.83. The molecule has 0 atom stereocenters. The van der Waals surface area contributed by atoms with Crippen molar-refractivity contribution >= 4 is 23.2 Å². The van der Waals surface area contributed by atoms with Crippen LogP contribution in [0, 0.1) is 0 Å². The van der Waals surface area contributed by atoms with Crippen LogP contribution < -0.4 is 20.7 Å². The molecule has 3 aromatic rings. The van der Waals surface area contributed by atoms with Crippen LogP contribution in [0.4, 0.5) is 11.4 Å². The molecule has 0 aromatic heterocycles. The van der Waals surface area contributed by atoms with Crippen molar-refractivity contribution in [2.45, 2.75) is 0 Å². The first kappa shape index (κ1) is 19.0. The number of para-hydroxylation sites is 1. The molecule has 0 radical (unpaired) electrons. The van der Waals surface area contributed by atoms with E-state index in [0.29, 0.717) is 17.0 Å². The molecule has 0 aliphatic heterocycles. The van der Waals surface area contributed by atoms with Crippen molar-refractivity contribution in [3.05, 3.63) is 84.4 Å². The summed E-state index contributed by atoms with van der Waals surface area (Å²) in [6, 6.07) is 23.7. The minimum Gasteiger partial charge on any atom is -0.457 e. The maximum atomic E-state index is 12.1. The summed E-state index contributed by atoms with van der Waals surface area (Å²) >= 11 is 0. The molecule has 3 aromatic carbocycles. The second-order valence-corrected chi connectivity index (χ2v) is 6.00. The average molecular weight is 375 g/mol. The minimum absolute atomic E-state index is 0.100. The van der Waals surface area contributed by atoms with Crippen LogP contribution in [-0.4, -0.2) is 25.4 Å². The quantitative estimate of drug-likeness (QED) is 0.585. The Morgan fingerprint density at radius 1 is 0.821 bits per heavy atom. The maximum Gasteiger partial charge on any atom is 0.251 e. The van der Waals surface area contributed by atoms with Crippen molar-refractivity contribution in [2.75, 3.05) is 24.2 Å². The Labute approximate surface area is 163 Å². The predicted molar refractivity (Wildman–Crippen MR) is 110 cm³/mol. The van der Waals surface area contributed by atoms with Gasteiger partial charge in [0.15, 0.2) is 0 Å². The highest BCUT2D eigenvalue weighted by Crippen LogP contribution is 2.22. The molecule has 0 saturated carbocycles. The first-order chi connectivity index (χ1) is 13.6. The van der Waals surface area contributed by atoms with Crippen LogP contribution in [0.1, 0.15) is 10.4 Å². The molecule has 6 nitrogen and oxygen atoms in total. The number of benzene rings is 3. The fraction of sp³-hybridized carbons (Fsp3) is 0.0909. The Balaban J connectivity index is 1.51. The van der Waals surface area contributed by atoms with E-state index in [2.05, 4.69) is 16.0 Å². The number of anilines is 2. The number of carbonyl (C=O) groups excluding carboxylic acids is 2. The lowest BCUT2D eigenvalue weighted by Gasteiger charge is -2.10. The van der Waals surface area contributed by atoms with Crippen LogP contribution in [0.25, 0.3) is 0 Å². The molecule has 0 spiro atoms. The standard InChI is InChI=1S/C22H21N3O3/c1-23-22(27)16-6-5-7-18(14-16)25-21(26)15-24-17-10-12-20(13-11-17)28-19-8-3-2-4-9-19/h2-14,24H,15H2,1H3,(H,23,27)(H,25,26). The summed E-state index contributed by atoms with van der Waals surface area (Å²) in [5.74, 6) is 1.07. The molecule has 0 aliphatic carbocycles. The number of nitrogens with one attached hydrogen (secondary N) is 3. The Morgan fingerprint density at radius 3 is 2.25 bits per heavy atom. The molecule has 0 unspecified atom stereocenters. The van der Waals surface area contributed by atoms with Gasteiger partial charge < -0.3 is 20.7 Å². The summed E-state index contributed by atoms with van der Waals surface area (Å²) in [6.45, 7) is 0.100. The van der Waals surface area contributed by atoms with Crippen LogP contribution in [0.5, 0.6) is 11.5 Å². The number of ether oxygens (including phenoxy) is 1. The van der Waals surface area contributed by atoms with E-state index in [1.807, 2.05) is 54.6 Å². The van der Waals surface area contributed by atoms with Gasteiger partial charge in [0, 0.05) is 24.0 Å². The largest absolute Gasteiger partial charge is 0.457 e. The van der Waals surface area contributed by atoms with E-state index >= 15 is 0 Å². The summed E-state index contributed by atoms with van der Waals surface area (Å²) in [5, 5.41) is 8.38. The molecule has 28 heavy (non-hydrogen) atoms. The zero-order valence-corrected chi connectivity index (χ0v) is 15.4. The number of hydrogen-bond acceptors (Lipinski definition) is 4. The highest BCUT2D eigenvalue weighted by atomic mass is 16.5. The lowest BCUT2D eigenvalue weighted by atomic mass is 10.2. The van der Waals surface area contributed by atoms with Crippen molar-refractivity contribution in [3.8, 4) is 11.5 Å². The fourth-order valence-electron chi connectivity index (χ4n) is 2.54. The van der Waals surface area contributed by atoms with Crippen LogP contribution in [0.2, 0.25) is 0 Å². The van der Waals surface area contributed by atoms with E-state index in [-0.39, 0.29) is 18.4 Å². The molecular weight excluding hydrogens is 354 g/mol. The monoisotopic (exact) mass is 375 g/mol. The third kappa shape index (κ3) is 5.35. The molecule has 3 N–H and O–H groups in total. The molecule has 2 amide bonds. The van der Waals surface area contributed by atoms with Crippen molar-refractivity contribution in [1.29, 1.82) is 0 Å². The molecule has 6 heteroatoms. The average Bonchev–Trinajstić information content (AvgIpc) is 2.73. The van der Waals surface area contributed by atoms with Crippen molar-refractivity contribution < 1.29 is 14.3 Å². The highest BCUT2D eigenvalue weighted by molar-refractivity contribution is 5.98. The van der Waals surface area contributed by atoms with Crippen LogP contribution in [0.15, 0.2) is 78.9 Å². The Bertz CT molecular complexity index is 941. The van der Waals surface area contributed by atoms with Crippen LogP contribution in [-0.2, 0) is 4.79 Å². The SMILES string of the molecule is CNC(=O)c1cccc(NC(=O)CNc2ccc(Oc3ccccc3)cc2)c1. The fourth-order valence-corrected chi connectivity index (χ4v) is 2.54. The molecule has 3 rings (SSSR count). The summed E-state index contributed by atoms with van der Waals surface area (Å²) < 4.78 is 5.74. The van der Waals surface area contributed by atoms with Gasteiger partial charge in [-0.1, -0.05) is 24.3 Å². The topological polar surface area (TPSA) is 79.5 Å². The lowest BCUT2D eigenvalue weighted by molar-refractivity contribution is -0.114. The predicted octanol–water partition coefficient (Wildman–Crippen LogP) is 3.89. The van der Waals surface area contributed by atoms with Gasteiger partial charge in [0.05, 0.1) is 6.54 Å². The summed E-state index contributed by atoms with van der Waals surface area (Å²) in [7, 11) is 1.56. The smallest absolute Gasteiger partial charge is 0.251 e. The third-order valence-electron chi connectivity index (χ3n) is 3.92. The molecule has 0 heterocycles. The van der Waals surface area contributed by atoms with Crippen molar-refractivity contribution in [3.63, 3.8) is 0 Å². The zero-order valence-electron chi connectivity index (χ0n) is 15.4. The molecular formula is C22H21N3O3. The number of amides is 2. The second-order valence-electron chi connectivity index (χ2n) is 6.00. The van der Waals surface area contributed by atoms with E-state index < -0.39 is 0 Å². The first-order valence-corrected chi connectivity index (χ1v) is 8.83. The zero-order chi connectivity index (χ0) is 19.8. The summed E-state index contributed by atoms with van der Waals surface area (Å²) in [6.07, 6.45) is 0. The Hall–Kier alpha value is -3.80. The van der Waals surface area contributed by atoms with E-state index in [1.54, 1.807) is 31.3 Å². The Morgan fingerprint density at radius 2 is 1.54 bits per heavy atom. The Kier molecular flexibility index (Phi) is 6.25. The van der Waals surface area contributed by atoms with Crippen molar-refractivity contribution in [1.82, 2.24) is 5.32 Å². The van der Waals surface area contributed by atoms with Gasteiger partial charge in [-0.3, -0.25) is 9.59 Å².